The first-order chi connectivity index (χ1) is 14.5. The molecule has 4 aromatic rings. The quantitative estimate of drug-likeness (QED) is 0.485. The smallest absolute Gasteiger partial charge is 0.261 e. The Morgan fingerprint density at radius 3 is 2.57 bits per heavy atom. The highest BCUT2D eigenvalue weighted by atomic mass is 16.5. The van der Waals surface area contributed by atoms with E-state index in [0.29, 0.717) is 34.4 Å². The fourth-order valence-electron chi connectivity index (χ4n) is 3.08. The van der Waals surface area contributed by atoms with Crippen LogP contribution >= 0.6 is 0 Å². The number of aryl methyl sites for hydroxylation is 1. The summed E-state index contributed by atoms with van der Waals surface area (Å²) in [6.07, 6.45) is 1.70. The lowest BCUT2D eigenvalue weighted by molar-refractivity contribution is 0.395. The summed E-state index contributed by atoms with van der Waals surface area (Å²) < 4.78 is 16.4. The average molecular weight is 405 g/mol. The van der Waals surface area contributed by atoms with Gasteiger partial charge in [-0.3, -0.25) is 0 Å². The molecule has 0 aliphatic rings. The number of aromatic nitrogens is 4. The van der Waals surface area contributed by atoms with Crippen LogP contribution in [0.15, 0.2) is 41.1 Å². The van der Waals surface area contributed by atoms with E-state index < -0.39 is 0 Å². The summed E-state index contributed by atoms with van der Waals surface area (Å²) in [5, 5.41) is 8.38. The number of benzene rings is 1. The molecule has 1 aromatic carbocycles. The maximum absolute atomic E-state index is 5.55. The average Bonchev–Trinajstić information content (AvgIpc) is 3.24. The highest BCUT2D eigenvalue weighted by Crippen LogP contribution is 2.38. The summed E-state index contributed by atoms with van der Waals surface area (Å²) in [5.74, 6) is 2.52. The molecular weight excluding hydrogens is 382 g/mol. The van der Waals surface area contributed by atoms with Crippen LogP contribution in [0.25, 0.3) is 22.5 Å². The van der Waals surface area contributed by atoms with E-state index in [9.17, 15) is 0 Å². The molecule has 154 valence electrons. The number of pyridine rings is 2. The zero-order valence-corrected chi connectivity index (χ0v) is 17.6. The number of nitrogens with one attached hydrogen (secondary N) is 1. The van der Waals surface area contributed by atoms with Crippen molar-refractivity contribution < 1.29 is 14.0 Å². The fourth-order valence-corrected chi connectivity index (χ4v) is 3.08. The van der Waals surface area contributed by atoms with Crippen molar-refractivity contribution in [2.45, 2.75) is 26.7 Å². The second-order valence-electron chi connectivity index (χ2n) is 7.17. The normalized spacial score (nSPS) is 11.1. The molecule has 3 aromatic heterocycles. The predicted molar refractivity (Wildman–Crippen MR) is 114 cm³/mol. The Labute approximate surface area is 174 Å². The molecule has 0 fully saturated rings. The highest BCUT2D eigenvalue weighted by Gasteiger charge is 2.19. The number of hydrogen-bond acceptors (Lipinski definition) is 8. The molecule has 1 N–H and O–H groups in total. The Balaban J connectivity index is 1.89. The molecular formula is C22H23N5O3. The van der Waals surface area contributed by atoms with Crippen molar-refractivity contribution in [2.75, 3.05) is 19.5 Å². The molecule has 4 rings (SSSR count). The third kappa shape index (κ3) is 3.63. The predicted octanol–water partition coefficient (Wildman–Crippen LogP) is 4.87. The van der Waals surface area contributed by atoms with Crippen molar-refractivity contribution in [1.29, 1.82) is 0 Å². The molecule has 30 heavy (non-hydrogen) atoms. The third-order valence-corrected chi connectivity index (χ3v) is 4.73. The fraction of sp³-hybridized carbons (Fsp3) is 0.273. The van der Waals surface area contributed by atoms with Gasteiger partial charge in [0.15, 0.2) is 11.5 Å². The van der Waals surface area contributed by atoms with Crippen molar-refractivity contribution in [3.63, 3.8) is 0 Å². The van der Waals surface area contributed by atoms with Gasteiger partial charge in [0.05, 0.1) is 31.2 Å². The molecule has 0 bridgehead atoms. The Bertz CT molecular complexity index is 1200. The summed E-state index contributed by atoms with van der Waals surface area (Å²) in [5.41, 5.74) is 3.71. The summed E-state index contributed by atoms with van der Waals surface area (Å²) in [6.45, 7) is 5.96. The third-order valence-electron chi connectivity index (χ3n) is 4.73. The second kappa shape index (κ2) is 7.98. The zero-order chi connectivity index (χ0) is 21.3. The van der Waals surface area contributed by atoms with E-state index in [2.05, 4.69) is 25.4 Å². The van der Waals surface area contributed by atoms with E-state index in [0.717, 1.165) is 22.5 Å². The first-order valence-corrected chi connectivity index (χ1v) is 9.59. The number of anilines is 2. The molecule has 8 nitrogen and oxygen atoms in total. The number of hydrogen-bond donors (Lipinski definition) is 1. The Morgan fingerprint density at radius 2 is 1.87 bits per heavy atom. The van der Waals surface area contributed by atoms with Crippen LogP contribution in [0.1, 0.15) is 31.3 Å². The van der Waals surface area contributed by atoms with Gasteiger partial charge in [0.25, 0.3) is 5.89 Å². The molecule has 3 heterocycles. The SMILES string of the molecule is COc1ccc(Nc2c(-c3nc(C(C)C)no3)cnc3nc(C)ccc23)c(OC)c1. The topological polar surface area (TPSA) is 95.2 Å². The van der Waals surface area contributed by atoms with E-state index in [4.69, 9.17) is 14.0 Å². The molecule has 0 aliphatic carbocycles. The minimum absolute atomic E-state index is 0.151. The monoisotopic (exact) mass is 405 g/mol. The van der Waals surface area contributed by atoms with Crippen molar-refractivity contribution in [2.24, 2.45) is 0 Å². The van der Waals surface area contributed by atoms with Gasteiger partial charge >= 0.3 is 0 Å². The lowest BCUT2D eigenvalue weighted by Gasteiger charge is -2.16. The Hall–Kier alpha value is -3.68. The first-order valence-electron chi connectivity index (χ1n) is 9.59. The molecule has 0 saturated carbocycles. The van der Waals surface area contributed by atoms with E-state index in [1.54, 1.807) is 20.4 Å². The van der Waals surface area contributed by atoms with Gasteiger partial charge in [-0.25, -0.2) is 9.97 Å². The molecule has 0 aliphatic heterocycles. The van der Waals surface area contributed by atoms with Gasteiger partial charge in [-0.15, -0.1) is 0 Å². The molecule has 0 unspecified atom stereocenters. The summed E-state index contributed by atoms with van der Waals surface area (Å²) in [7, 11) is 3.23. The molecule has 0 saturated heterocycles. The van der Waals surface area contributed by atoms with Gasteiger partial charge in [-0.2, -0.15) is 4.98 Å². The van der Waals surface area contributed by atoms with Crippen molar-refractivity contribution in [3.05, 3.63) is 48.0 Å². The van der Waals surface area contributed by atoms with Crippen LogP contribution in [0.5, 0.6) is 11.5 Å². The molecule has 0 spiro atoms. The largest absolute Gasteiger partial charge is 0.497 e. The van der Waals surface area contributed by atoms with Crippen LogP contribution in [0, 0.1) is 6.92 Å². The Kier molecular flexibility index (Phi) is 5.22. The lowest BCUT2D eigenvalue weighted by Crippen LogP contribution is -2.00. The van der Waals surface area contributed by atoms with Crippen LogP contribution in [0.4, 0.5) is 11.4 Å². The molecule has 0 amide bonds. The van der Waals surface area contributed by atoms with Gasteiger partial charge < -0.3 is 19.3 Å². The number of rotatable bonds is 6. The minimum atomic E-state index is 0.151. The van der Waals surface area contributed by atoms with Gasteiger partial charge in [-0.05, 0) is 31.2 Å². The van der Waals surface area contributed by atoms with E-state index >= 15 is 0 Å². The Morgan fingerprint density at radius 1 is 1.03 bits per heavy atom. The van der Waals surface area contributed by atoms with Gasteiger partial charge in [-0.1, -0.05) is 19.0 Å². The van der Waals surface area contributed by atoms with Crippen LogP contribution in [0.2, 0.25) is 0 Å². The van der Waals surface area contributed by atoms with Crippen LogP contribution in [0.3, 0.4) is 0 Å². The lowest BCUT2D eigenvalue weighted by atomic mass is 10.1. The number of nitrogens with zero attached hydrogens (tertiary/aromatic N) is 4. The number of methoxy groups -OCH3 is 2. The zero-order valence-electron chi connectivity index (χ0n) is 17.6. The van der Waals surface area contributed by atoms with E-state index in [-0.39, 0.29) is 5.92 Å². The first kappa shape index (κ1) is 19.6. The number of fused-ring (bicyclic) bond motifs is 1. The van der Waals surface area contributed by atoms with Gasteiger partial charge in [0, 0.05) is 29.3 Å². The summed E-state index contributed by atoms with van der Waals surface area (Å²) >= 11 is 0. The van der Waals surface area contributed by atoms with E-state index in [1.165, 1.54) is 0 Å². The van der Waals surface area contributed by atoms with Crippen molar-refractivity contribution in [1.82, 2.24) is 20.1 Å². The van der Waals surface area contributed by atoms with Crippen LogP contribution in [-0.4, -0.2) is 34.3 Å². The highest BCUT2D eigenvalue weighted by molar-refractivity contribution is 5.98. The van der Waals surface area contributed by atoms with E-state index in [1.807, 2.05) is 51.1 Å². The molecule has 8 heteroatoms. The minimum Gasteiger partial charge on any atom is -0.497 e. The maximum atomic E-state index is 5.55. The number of ether oxygens (including phenoxy) is 2. The molecule has 0 radical (unpaired) electrons. The van der Waals surface area contributed by atoms with Gasteiger partial charge in [0.1, 0.15) is 11.5 Å². The van der Waals surface area contributed by atoms with Crippen molar-refractivity contribution in [3.8, 4) is 23.0 Å². The van der Waals surface area contributed by atoms with Crippen LogP contribution < -0.4 is 14.8 Å². The second-order valence-corrected chi connectivity index (χ2v) is 7.17. The van der Waals surface area contributed by atoms with Gasteiger partial charge in [0.2, 0.25) is 0 Å². The standard InChI is InChI=1S/C22H23N5O3/c1-12(2)20-26-22(30-27-20)16-11-23-21-15(8-6-13(3)24-21)19(16)25-17-9-7-14(28-4)10-18(17)29-5/h6-12H,1-5H3,(H,23,24,25). The summed E-state index contributed by atoms with van der Waals surface area (Å²) in [6, 6.07) is 9.49. The molecule has 0 atom stereocenters. The van der Waals surface area contributed by atoms with Crippen molar-refractivity contribution >= 4 is 22.4 Å². The van der Waals surface area contributed by atoms with Crippen LogP contribution in [-0.2, 0) is 0 Å². The maximum Gasteiger partial charge on any atom is 0.261 e. The summed E-state index contributed by atoms with van der Waals surface area (Å²) in [4.78, 5) is 13.6.